The van der Waals surface area contributed by atoms with Gasteiger partial charge in [0.2, 0.25) is 0 Å². The van der Waals surface area contributed by atoms with Gasteiger partial charge in [-0.15, -0.1) is 0 Å². The highest BCUT2D eigenvalue weighted by molar-refractivity contribution is 5.94. The highest BCUT2D eigenvalue weighted by Crippen LogP contribution is 2.28. The van der Waals surface area contributed by atoms with Crippen LogP contribution in [0.1, 0.15) is 40.4 Å². The molecular formula is C23H22FN3O. The van der Waals surface area contributed by atoms with E-state index in [1.165, 1.54) is 17.7 Å². The molecular weight excluding hydrogens is 353 g/mol. The number of aryl methyl sites for hydroxylation is 1. The van der Waals surface area contributed by atoms with Gasteiger partial charge in [0.15, 0.2) is 5.82 Å². The Morgan fingerprint density at radius 3 is 2.75 bits per heavy atom. The normalized spacial score (nSPS) is 16.8. The first-order valence-corrected chi connectivity index (χ1v) is 9.55. The highest BCUT2D eigenvalue weighted by Gasteiger charge is 2.26. The van der Waals surface area contributed by atoms with Crippen LogP contribution in [0.25, 0.3) is 11.4 Å². The van der Waals surface area contributed by atoms with Crippen LogP contribution in [0.15, 0.2) is 60.8 Å². The van der Waals surface area contributed by atoms with Gasteiger partial charge >= 0.3 is 0 Å². The maximum atomic E-state index is 13.1. The van der Waals surface area contributed by atoms with E-state index in [2.05, 4.69) is 11.1 Å². The molecule has 1 saturated heterocycles. The number of piperidine rings is 1. The first-order valence-electron chi connectivity index (χ1n) is 9.55. The molecule has 28 heavy (non-hydrogen) atoms. The Labute approximate surface area is 164 Å². The largest absolute Gasteiger partial charge is 0.338 e. The minimum Gasteiger partial charge on any atom is -0.338 e. The van der Waals surface area contributed by atoms with E-state index in [9.17, 15) is 9.18 Å². The zero-order chi connectivity index (χ0) is 19.5. The van der Waals surface area contributed by atoms with E-state index in [1.807, 2.05) is 36.1 Å². The van der Waals surface area contributed by atoms with Crippen LogP contribution in [0.4, 0.5) is 4.39 Å². The third kappa shape index (κ3) is 3.93. The van der Waals surface area contributed by atoms with Gasteiger partial charge in [0.25, 0.3) is 5.91 Å². The summed E-state index contributed by atoms with van der Waals surface area (Å²) < 4.78 is 13.1. The summed E-state index contributed by atoms with van der Waals surface area (Å²) in [7, 11) is 0. The summed E-state index contributed by atoms with van der Waals surface area (Å²) >= 11 is 0. The Kier molecular flexibility index (Phi) is 5.15. The first-order chi connectivity index (χ1) is 13.6. The number of amides is 1. The van der Waals surface area contributed by atoms with E-state index in [0.717, 1.165) is 24.1 Å². The molecule has 4 nitrogen and oxygen atoms in total. The summed E-state index contributed by atoms with van der Waals surface area (Å²) in [5, 5.41) is 0. The van der Waals surface area contributed by atoms with Crippen LogP contribution < -0.4 is 0 Å². The maximum Gasteiger partial charge on any atom is 0.253 e. The minimum atomic E-state index is -0.335. The third-order valence-corrected chi connectivity index (χ3v) is 5.17. The summed E-state index contributed by atoms with van der Waals surface area (Å²) in [5.74, 6) is 0.489. The smallest absolute Gasteiger partial charge is 0.253 e. The van der Waals surface area contributed by atoms with Gasteiger partial charge in [0, 0.05) is 42.0 Å². The van der Waals surface area contributed by atoms with Gasteiger partial charge in [-0.25, -0.2) is 14.4 Å². The number of carbonyl (C=O) groups excluding carboxylic acids is 1. The molecule has 1 aromatic heterocycles. The standard InChI is InChI=1S/C23H22FN3O/c1-16-4-2-5-18(14-16)22-25-12-11-21(26-22)19-6-3-13-27(15-19)23(28)17-7-9-20(24)10-8-17/h2,4-5,7-12,14,19H,3,6,13,15H2,1H3. The lowest BCUT2D eigenvalue weighted by molar-refractivity contribution is 0.0706. The average molecular weight is 375 g/mol. The van der Waals surface area contributed by atoms with Crippen molar-refractivity contribution in [3.05, 3.63) is 83.4 Å². The molecule has 0 spiro atoms. The van der Waals surface area contributed by atoms with Gasteiger partial charge in [-0.2, -0.15) is 0 Å². The molecule has 0 saturated carbocycles. The Hall–Kier alpha value is -3.08. The predicted molar refractivity (Wildman–Crippen MR) is 106 cm³/mol. The van der Waals surface area contributed by atoms with E-state index in [1.54, 1.807) is 18.3 Å². The van der Waals surface area contributed by atoms with E-state index in [4.69, 9.17) is 4.98 Å². The van der Waals surface area contributed by atoms with Gasteiger partial charge in [0.05, 0.1) is 0 Å². The molecule has 1 amide bonds. The van der Waals surface area contributed by atoms with Crippen molar-refractivity contribution >= 4 is 5.91 Å². The van der Waals surface area contributed by atoms with Crippen molar-refractivity contribution in [2.24, 2.45) is 0 Å². The topological polar surface area (TPSA) is 46.1 Å². The summed E-state index contributed by atoms with van der Waals surface area (Å²) in [6.45, 7) is 3.37. The Bertz CT molecular complexity index is 987. The number of rotatable bonds is 3. The van der Waals surface area contributed by atoms with Crippen LogP contribution in [0.5, 0.6) is 0 Å². The first kappa shape index (κ1) is 18.3. The number of hydrogen-bond donors (Lipinski definition) is 0. The predicted octanol–water partition coefficient (Wildman–Crippen LogP) is 4.61. The molecule has 5 heteroatoms. The van der Waals surface area contributed by atoms with Gasteiger partial charge in [0.1, 0.15) is 5.82 Å². The number of likely N-dealkylation sites (tertiary alicyclic amines) is 1. The summed E-state index contributed by atoms with van der Waals surface area (Å²) in [4.78, 5) is 23.8. The van der Waals surface area contributed by atoms with Crippen molar-refractivity contribution in [3.8, 4) is 11.4 Å². The van der Waals surface area contributed by atoms with Gasteiger partial charge in [-0.1, -0.05) is 23.8 Å². The van der Waals surface area contributed by atoms with Gasteiger partial charge in [-0.05, 0) is 56.2 Å². The van der Waals surface area contributed by atoms with Crippen molar-refractivity contribution < 1.29 is 9.18 Å². The quantitative estimate of drug-likeness (QED) is 0.671. The molecule has 1 aliphatic heterocycles. The van der Waals surface area contributed by atoms with Crippen molar-refractivity contribution in [3.63, 3.8) is 0 Å². The van der Waals surface area contributed by atoms with Crippen molar-refractivity contribution in [2.45, 2.75) is 25.7 Å². The van der Waals surface area contributed by atoms with E-state index in [-0.39, 0.29) is 17.6 Å². The second kappa shape index (κ2) is 7.89. The monoisotopic (exact) mass is 375 g/mol. The molecule has 0 N–H and O–H groups in total. The number of nitrogens with zero attached hydrogens (tertiary/aromatic N) is 3. The average Bonchev–Trinajstić information content (AvgIpc) is 2.74. The minimum absolute atomic E-state index is 0.0577. The Balaban J connectivity index is 1.54. The molecule has 3 aromatic rings. The summed E-state index contributed by atoms with van der Waals surface area (Å²) in [6, 6.07) is 15.8. The fourth-order valence-electron chi connectivity index (χ4n) is 3.70. The lowest BCUT2D eigenvalue weighted by Gasteiger charge is -2.32. The second-order valence-corrected chi connectivity index (χ2v) is 7.27. The fraction of sp³-hybridized carbons (Fsp3) is 0.261. The molecule has 1 aliphatic rings. The zero-order valence-corrected chi connectivity index (χ0v) is 15.8. The SMILES string of the molecule is Cc1cccc(-c2nccc(C3CCCN(C(=O)c4ccc(F)cc4)C3)n2)c1. The number of hydrogen-bond acceptors (Lipinski definition) is 3. The van der Waals surface area contributed by atoms with Crippen molar-refractivity contribution in [1.29, 1.82) is 0 Å². The molecule has 2 heterocycles. The maximum absolute atomic E-state index is 13.1. The molecule has 1 unspecified atom stereocenters. The lowest BCUT2D eigenvalue weighted by Crippen LogP contribution is -2.39. The number of halogens is 1. The number of benzene rings is 2. The van der Waals surface area contributed by atoms with Crippen LogP contribution in [-0.2, 0) is 0 Å². The van der Waals surface area contributed by atoms with Crippen LogP contribution in [0.3, 0.4) is 0 Å². The fourth-order valence-corrected chi connectivity index (χ4v) is 3.70. The van der Waals surface area contributed by atoms with Crippen LogP contribution >= 0.6 is 0 Å². The third-order valence-electron chi connectivity index (χ3n) is 5.17. The number of aromatic nitrogens is 2. The second-order valence-electron chi connectivity index (χ2n) is 7.27. The molecule has 2 aromatic carbocycles. The Morgan fingerprint density at radius 2 is 1.96 bits per heavy atom. The summed E-state index contributed by atoms with van der Waals surface area (Å²) in [6.07, 6.45) is 3.69. The van der Waals surface area contributed by atoms with E-state index in [0.29, 0.717) is 24.5 Å². The summed E-state index contributed by atoms with van der Waals surface area (Å²) in [5.41, 5.74) is 3.64. The van der Waals surface area contributed by atoms with Gasteiger partial charge < -0.3 is 4.90 Å². The van der Waals surface area contributed by atoms with Crippen molar-refractivity contribution in [2.75, 3.05) is 13.1 Å². The molecule has 1 atom stereocenters. The molecule has 0 bridgehead atoms. The zero-order valence-electron chi connectivity index (χ0n) is 15.8. The molecule has 1 fully saturated rings. The molecule has 0 radical (unpaired) electrons. The van der Waals surface area contributed by atoms with E-state index >= 15 is 0 Å². The number of carbonyl (C=O) groups is 1. The molecule has 142 valence electrons. The van der Waals surface area contributed by atoms with Crippen LogP contribution in [0.2, 0.25) is 0 Å². The van der Waals surface area contributed by atoms with Crippen LogP contribution in [0, 0.1) is 12.7 Å². The van der Waals surface area contributed by atoms with E-state index < -0.39 is 0 Å². The van der Waals surface area contributed by atoms with Gasteiger partial charge in [-0.3, -0.25) is 4.79 Å². The highest BCUT2D eigenvalue weighted by atomic mass is 19.1. The molecule has 0 aliphatic carbocycles. The van der Waals surface area contributed by atoms with Crippen LogP contribution in [-0.4, -0.2) is 33.9 Å². The Morgan fingerprint density at radius 1 is 1.14 bits per heavy atom. The molecule has 4 rings (SSSR count). The lowest BCUT2D eigenvalue weighted by atomic mass is 9.94. The van der Waals surface area contributed by atoms with Crippen molar-refractivity contribution in [1.82, 2.24) is 14.9 Å².